The van der Waals surface area contributed by atoms with Crippen molar-refractivity contribution in [1.82, 2.24) is 0 Å². The molecule has 2 atom stereocenters. The summed E-state index contributed by atoms with van der Waals surface area (Å²) in [6.45, 7) is 2.20. The summed E-state index contributed by atoms with van der Waals surface area (Å²) in [6.07, 6.45) is 5.25. The molecule has 110 valence electrons. The lowest BCUT2D eigenvalue weighted by Crippen LogP contribution is -2.30. The third-order valence-electron chi connectivity index (χ3n) is 4.52. The van der Waals surface area contributed by atoms with Crippen LogP contribution in [-0.4, -0.2) is 6.04 Å². The summed E-state index contributed by atoms with van der Waals surface area (Å²) in [5, 5.41) is 3.82. The molecule has 2 heteroatoms. The van der Waals surface area contributed by atoms with Gasteiger partial charge in [0.25, 0.3) is 0 Å². The Balaban J connectivity index is 1.81. The first kappa shape index (κ1) is 14.9. The van der Waals surface area contributed by atoms with Crippen LogP contribution in [0.15, 0.2) is 48.5 Å². The van der Waals surface area contributed by atoms with Crippen LogP contribution in [0.2, 0.25) is 0 Å². The minimum Gasteiger partial charge on any atom is -0.381 e. The number of nitrogens with one attached hydrogen (secondary N) is 1. The van der Waals surface area contributed by atoms with Gasteiger partial charge >= 0.3 is 0 Å². The van der Waals surface area contributed by atoms with Gasteiger partial charge in [0.15, 0.2) is 0 Å². The summed E-state index contributed by atoms with van der Waals surface area (Å²) in [4.78, 5) is 0. The minimum atomic E-state index is 0.555. The van der Waals surface area contributed by atoms with E-state index >= 15 is 0 Å². The standard InChI is InChI=1S/C19H22IN/c1-14-13-16(20)11-12-18(14)21-19-10-6-5-9-17(19)15-7-3-2-4-8-15/h2-4,7-8,11-13,17,19,21H,5-6,9-10H2,1H3. The Labute approximate surface area is 141 Å². The van der Waals surface area contributed by atoms with Gasteiger partial charge in [-0.3, -0.25) is 0 Å². The summed E-state index contributed by atoms with van der Waals surface area (Å²) >= 11 is 2.38. The average Bonchev–Trinajstić information content (AvgIpc) is 2.51. The van der Waals surface area contributed by atoms with Gasteiger partial charge in [0.05, 0.1) is 0 Å². The zero-order valence-corrected chi connectivity index (χ0v) is 14.6. The Hall–Kier alpha value is -1.03. The molecule has 0 radical (unpaired) electrons. The van der Waals surface area contributed by atoms with Crippen LogP contribution in [0.1, 0.15) is 42.7 Å². The van der Waals surface area contributed by atoms with Gasteiger partial charge in [-0.15, -0.1) is 0 Å². The highest BCUT2D eigenvalue weighted by atomic mass is 127. The highest BCUT2D eigenvalue weighted by molar-refractivity contribution is 14.1. The predicted molar refractivity (Wildman–Crippen MR) is 99.0 cm³/mol. The highest BCUT2D eigenvalue weighted by Crippen LogP contribution is 2.35. The fraction of sp³-hybridized carbons (Fsp3) is 0.368. The molecule has 1 saturated carbocycles. The van der Waals surface area contributed by atoms with Crippen molar-refractivity contribution in [3.63, 3.8) is 0 Å². The van der Waals surface area contributed by atoms with Gasteiger partial charge in [-0.2, -0.15) is 0 Å². The van der Waals surface area contributed by atoms with E-state index in [1.807, 2.05) is 0 Å². The molecule has 1 N–H and O–H groups in total. The van der Waals surface area contributed by atoms with Crippen LogP contribution in [0.5, 0.6) is 0 Å². The normalized spacial score (nSPS) is 22.0. The second-order valence-electron chi connectivity index (χ2n) is 6.01. The largest absolute Gasteiger partial charge is 0.381 e. The number of halogens is 1. The van der Waals surface area contributed by atoms with E-state index in [-0.39, 0.29) is 0 Å². The molecule has 21 heavy (non-hydrogen) atoms. The van der Waals surface area contributed by atoms with Gasteiger partial charge in [0, 0.05) is 21.2 Å². The van der Waals surface area contributed by atoms with Crippen LogP contribution < -0.4 is 5.32 Å². The Kier molecular flexibility index (Phi) is 4.84. The van der Waals surface area contributed by atoms with Crippen molar-refractivity contribution >= 4 is 28.3 Å². The molecular formula is C19H22IN. The number of benzene rings is 2. The first-order valence-corrected chi connectivity index (χ1v) is 8.89. The summed E-state index contributed by atoms with van der Waals surface area (Å²) in [5.41, 5.74) is 4.13. The zero-order chi connectivity index (χ0) is 14.7. The number of anilines is 1. The third-order valence-corrected chi connectivity index (χ3v) is 5.19. The number of rotatable bonds is 3. The van der Waals surface area contributed by atoms with Crippen molar-refractivity contribution in [3.8, 4) is 0 Å². The lowest BCUT2D eigenvalue weighted by atomic mass is 9.80. The van der Waals surface area contributed by atoms with E-state index in [1.165, 1.54) is 46.1 Å². The molecule has 0 aromatic heterocycles. The summed E-state index contributed by atoms with van der Waals surface area (Å²) in [5.74, 6) is 0.638. The molecule has 2 unspecified atom stereocenters. The van der Waals surface area contributed by atoms with Crippen LogP contribution in [0.25, 0.3) is 0 Å². The molecule has 0 amide bonds. The lowest BCUT2D eigenvalue weighted by Gasteiger charge is -2.34. The van der Waals surface area contributed by atoms with Crippen LogP contribution >= 0.6 is 22.6 Å². The second kappa shape index (κ2) is 6.82. The van der Waals surface area contributed by atoms with E-state index in [2.05, 4.69) is 83.4 Å². The Bertz CT molecular complexity index is 594. The van der Waals surface area contributed by atoms with Crippen molar-refractivity contribution < 1.29 is 0 Å². The molecule has 0 saturated heterocycles. The maximum absolute atomic E-state index is 3.82. The molecule has 0 heterocycles. The summed E-state index contributed by atoms with van der Waals surface area (Å²) in [7, 11) is 0. The van der Waals surface area contributed by atoms with Crippen molar-refractivity contribution in [1.29, 1.82) is 0 Å². The van der Waals surface area contributed by atoms with Gasteiger partial charge < -0.3 is 5.32 Å². The summed E-state index contributed by atoms with van der Waals surface area (Å²) in [6, 6.07) is 18.2. The number of hydrogen-bond acceptors (Lipinski definition) is 1. The fourth-order valence-corrected chi connectivity index (χ4v) is 4.04. The molecule has 2 aromatic carbocycles. The van der Waals surface area contributed by atoms with Crippen molar-refractivity contribution in [2.45, 2.75) is 44.6 Å². The van der Waals surface area contributed by atoms with E-state index < -0.39 is 0 Å². The van der Waals surface area contributed by atoms with Crippen LogP contribution in [0.3, 0.4) is 0 Å². The smallest absolute Gasteiger partial charge is 0.0372 e. The Morgan fingerprint density at radius 1 is 1.00 bits per heavy atom. The molecule has 1 nitrogen and oxygen atoms in total. The number of hydrogen-bond donors (Lipinski definition) is 1. The van der Waals surface area contributed by atoms with E-state index in [4.69, 9.17) is 0 Å². The Morgan fingerprint density at radius 3 is 2.52 bits per heavy atom. The lowest BCUT2D eigenvalue weighted by molar-refractivity contribution is 0.405. The quantitative estimate of drug-likeness (QED) is 0.659. The van der Waals surface area contributed by atoms with E-state index in [9.17, 15) is 0 Å². The highest BCUT2D eigenvalue weighted by Gasteiger charge is 2.26. The predicted octanol–water partition coefficient (Wildman–Crippen LogP) is 5.74. The third kappa shape index (κ3) is 3.60. The SMILES string of the molecule is Cc1cc(I)ccc1NC1CCCCC1c1ccccc1. The van der Waals surface area contributed by atoms with E-state index in [1.54, 1.807) is 0 Å². The van der Waals surface area contributed by atoms with Crippen LogP contribution in [0.4, 0.5) is 5.69 Å². The van der Waals surface area contributed by atoms with E-state index in [0.29, 0.717) is 12.0 Å². The fourth-order valence-electron chi connectivity index (χ4n) is 3.39. The molecule has 2 aromatic rings. The van der Waals surface area contributed by atoms with Gasteiger partial charge in [0.2, 0.25) is 0 Å². The molecule has 1 fully saturated rings. The first-order valence-electron chi connectivity index (χ1n) is 7.81. The van der Waals surface area contributed by atoms with E-state index in [0.717, 1.165) is 0 Å². The summed E-state index contributed by atoms with van der Waals surface area (Å²) < 4.78 is 1.30. The number of aryl methyl sites for hydroxylation is 1. The maximum atomic E-state index is 3.82. The molecule has 0 spiro atoms. The molecule has 0 aliphatic heterocycles. The van der Waals surface area contributed by atoms with Crippen molar-refractivity contribution in [2.75, 3.05) is 5.32 Å². The Morgan fingerprint density at radius 2 is 1.76 bits per heavy atom. The van der Waals surface area contributed by atoms with Crippen LogP contribution in [-0.2, 0) is 0 Å². The molecule has 0 bridgehead atoms. The maximum Gasteiger partial charge on any atom is 0.0372 e. The topological polar surface area (TPSA) is 12.0 Å². The molecule has 1 aliphatic rings. The van der Waals surface area contributed by atoms with Gasteiger partial charge in [-0.25, -0.2) is 0 Å². The zero-order valence-electron chi connectivity index (χ0n) is 12.5. The van der Waals surface area contributed by atoms with Gasteiger partial charge in [-0.1, -0.05) is 43.2 Å². The monoisotopic (exact) mass is 391 g/mol. The van der Waals surface area contributed by atoms with Crippen molar-refractivity contribution in [2.24, 2.45) is 0 Å². The van der Waals surface area contributed by atoms with Gasteiger partial charge in [0.1, 0.15) is 0 Å². The molecule has 3 rings (SSSR count). The molecule has 1 aliphatic carbocycles. The van der Waals surface area contributed by atoms with Gasteiger partial charge in [-0.05, 0) is 71.7 Å². The first-order chi connectivity index (χ1) is 10.2. The van der Waals surface area contributed by atoms with Crippen molar-refractivity contribution in [3.05, 3.63) is 63.2 Å². The minimum absolute atomic E-state index is 0.555. The van der Waals surface area contributed by atoms with Crippen LogP contribution in [0, 0.1) is 10.5 Å². The second-order valence-corrected chi connectivity index (χ2v) is 7.26. The average molecular weight is 391 g/mol. The molecular weight excluding hydrogens is 369 g/mol.